The molecule has 0 aliphatic heterocycles. The Balaban J connectivity index is 1.91. The number of carbonyl (C=O) groups excluding carboxylic acids is 1. The van der Waals surface area contributed by atoms with Crippen molar-refractivity contribution < 1.29 is 34.4 Å². The van der Waals surface area contributed by atoms with Gasteiger partial charge in [0, 0.05) is 0 Å². The van der Waals surface area contributed by atoms with Crippen LogP contribution in [0.3, 0.4) is 0 Å². The molecule has 1 aromatic heterocycles. The number of nitrogens with zero attached hydrogens (tertiary/aromatic N) is 3. The predicted octanol–water partition coefficient (Wildman–Crippen LogP) is 0.396. The molecule has 0 radical (unpaired) electrons. The number of amides is 1. The third-order valence-corrected chi connectivity index (χ3v) is 3.50. The second-order valence-corrected chi connectivity index (χ2v) is 5.64. The number of hydrogen-bond donors (Lipinski definition) is 1. The molecule has 0 spiro atoms. The first-order valence-corrected chi connectivity index (χ1v) is 7.24. The number of nitro groups is 1. The molecule has 1 N–H and O–H groups in total. The van der Waals surface area contributed by atoms with Crippen molar-refractivity contribution in [3.05, 3.63) is 52.3 Å². The molecule has 0 fully saturated rings. The summed E-state index contributed by atoms with van der Waals surface area (Å²) in [5, 5.41) is 13.4. The van der Waals surface area contributed by atoms with Crippen molar-refractivity contribution in [1.29, 1.82) is 0 Å². The maximum atomic E-state index is 11.9. The average Bonchev–Trinajstić information content (AvgIpc) is 2.87. The van der Waals surface area contributed by atoms with Crippen molar-refractivity contribution in [2.24, 2.45) is 0 Å². The van der Waals surface area contributed by atoms with Gasteiger partial charge < -0.3 is 0 Å². The monoisotopic (exact) mass is 469 g/mol. The van der Waals surface area contributed by atoms with Gasteiger partial charge in [0.2, 0.25) is 0 Å². The quantitative estimate of drug-likeness (QED) is 0.507. The van der Waals surface area contributed by atoms with Gasteiger partial charge in [-0.2, -0.15) is 0 Å². The molecule has 7 nitrogen and oxygen atoms in total. The molecule has 8 heteroatoms. The van der Waals surface area contributed by atoms with Crippen LogP contribution in [0.25, 0.3) is 0 Å². The van der Waals surface area contributed by atoms with Crippen LogP contribution in [0.15, 0.2) is 36.7 Å². The van der Waals surface area contributed by atoms with Crippen molar-refractivity contribution in [2.45, 2.75) is 6.54 Å². The fraction of sp³-hybridized carbons (Fsp3) is 0.167. The Morgan fingerprint density at radius 1 is 1.50 bits per heavy atom. The molecule has 104 valence electrons. The summed E-state index contributed by atoms with van der Waals surface area (Å²) in [5.41, 5.74) is 0.588. The summed E-state index contributed by atoms with van der Waals surface area (Å²) >= 11 is 1.50. The van der Waals surface area contributed by atoms with Crippen LogP contribution >= 0.6 is 0 Å². The fourth-order valence-corrected chi connectivity index (χ4v) is 2.41. The van der Waals surface area contributed by atoms with E-state index in [1.165, 1.54) is 41.7 Å². The average molecular weight is 469 g/mol. The number of carbonyl (C=O) groups is 1. The first-order valence-electron chi connectivity index (χ1n) is 5.77. The number of nitrogens with one attached hydrogen (secondary N) is 1. The molecule has 1 heterocycles. The topological polar surface area (TPSA) is 90.1 Å². The molecular weight excluding hydrogens is 458 g/mol. The van der Waals surface area contributed by atoms with Gasteiger partial charge in [0.15, 0.2) is 0 Å². The van der Waals surface area contributed by atoms with E-state index in [1.54, 1.807) is 6.07 Å². The van der Waals surface area contributed by atoms with Gasteiger partial charge in [-0.15, -0.1) is 0 Å². The minimum absolute atomic E-state index is 0.189. The van der Waals surface area contributed by atoms with Gasteiger partial charge >= 0.3 is 130 Å². The van der Waals surface area contributed by atoms with E-state index >= 15 is 0 Å². The molecule has 1 amide bonds. The molecule has 20 heavy (non-hydrogen) atoms. The first-order chi connectivity index (χ1) is 9.58. The van der Waals surface area contributed by atoms with Crippen LogP contribution in [0, 0.1) is 34.8 Å². The van der Waals surface area contributed by atoms with Crippen LogP contribution in [0.5, 0.6) is 0 Å². The summed E-state index contributed by atoms with van der Waals surface area (Å²) in [6.07, 6.45) is 2.88. The van der Waals surface area contributed by atoms with Crippen molar-refractivity contribution >= 4 is 15.1 Å². The Kier molecular flexibility index (Phi) is 4.79. The molecule has 2 aromatic rings. The molecule has 0 aliphatic rings. The Morgan fingerprint density at radius 2 is 2.30 bits per heavy atom. The van der Waals surface area contributed by atoms with E-state index in [2.05, 4.69) is 10.3 Å². The van der Waals surface area contributed by atoms with Crippen molar-refractivity contribution in [3.63, 3.8) is 0 Å². The molecule has 0 bridgehead atoms. The van der Waals surface area contributed by atoms with Crippen molar-refractivity contribution in [3.8, 4) is 0 Å². The molecule has 0 unspecified atom stereocenters. The Labute approximate surface area is 130 Å². The van der Waals surface area contributed by atoms with E-state index in [-0.39, 0.29) is 11.9 Å². The second-order valence-electron chi connectivity index (χ2n) is 3.94. The third-order valence-electron chi connectivity index (χ3n) is 2.58. The second kappa shape index (κ2) is 6.56. The fourth-order valence-electron chi connectivity index (χ4n) is 1.67. The van der Waals surface area contributed by atoms with Gasteiger partial charge in [-0.25, -0.2) is 0 Å². The molecule has 0 saturated carbocycles. The zero-order valence-corrected chi connectivity index (χ0v) is 13.3. The minimum atomic E-state index is -0.551. The van der Waals surface area contributed by atoms with Crippen LogP contribution in [-0.4, -0.2) is 26.9 Å². The summed E-state index contributed by atoms with van der Waals surface area (Å²) in [6, 6.07) is 7.30. The number of aromatic nitrogens is 2. The predicted molar refractivity (Wildman–Crippen MR) is 67.3 cm³/mol. The normalized spacial score (nSPS) is 10.2. The summed E-state index contributed by atoms with van der Waals surface area (Å²) < 4.78 is 2.45. The Morgan fingerprint density at radius 3 is 3.00 bits per heavy atom. The number of hydrogen-bond acceptors (Lipinski definition) is 4. The molecule has 0 aliphatic carbocycles. The number of rotatable bonds is 5. The molecule has 0 saturated heterocycles. The summed E-state index contributed by atoms with van der Waals surface area (Å²) in [6.45, 7) is 0.603. The van der Waals surface area contributed by atoms with Gasteiger partial charge in [0.1, 0.15) is 0 Å². The zero-order valence-electron chi connectivity index (χ0n) is 10.3. The van der Waals surface area contributed by atoms with Crippen LogP contribution in [0.2, 0.25) is 0 Å². The van der Waals surface area contributed by atoms with E-state index in [4.69, 9.17) is 0 Å². The third kappa shape index (κ3) is 3.60. The SMILES string of the molecule is O=C(NCCn1ccnc1[N+](=O)[O-])c1cccc([At])c1. The van der Waals surface area contributed by atoms with Gasteiger partial charge in [0.05, 0.1) is 0 Å². The summed E-state index contributed by atoms with van der Waals surface area (Å²) in [4.78, 5) is 25.6. The van der Waals surface area contributed by atoms with Crippen molar-refractivity contribution in [2.75, 3.05) is 6.54 Å². The Bertz CT molecular complexity index is 641. The zero-order chi connectivity index (χ0) is 14.5. The summed E-state index contributed by atoms with van der Waals surface area (Å²) in [7, 11) is 0. The molecule has 2 rings (SSSR count). The van der Waals surface area contributed by atoms with Crippen molar-refractivity contribution in [1.82, 2.24) is 14.9 Å². The molecule has 1 aromatic carbocycles. The summed E-state index contributed by atoms with van der Waals surface area (Å²) in [5.74, 6) is -0.414. The van der Waals surface area contributed by atoms with Crippen LogP contribution < -0.4 is 8.59 Å². The molecule has 0 atom stereocenters. The van der Waals surface area contributed by atoms with Gasteiger partial charge in [-0.3, -0.25) is 0 Å². The van der Waals surface area contributed by atoms with Gasteiger partial charge in [-0.1, -0.05) is 0 Å². The number of imidazole rings is 1. The van der Waals surface area contributed by atoms with E-state index in [0.29, 0.717) is 18.7 Å². The van der Waals surface area contributed by atoms with E-state index < -0.39 is 4.92 Å². The number of benzene rings is 1. The van der Waals surface area contributed by atoms with E-state index in [0.717, 1.165) is 3.27 Å². The van der Waals surface area contributed by atoms with E-state index in [9.17, 15) is 14.9 Å². The van der Waals surface area contributed by atoms with Crippen LogP contribution in [0.4, 0.5) is 5.95 Å². The maximum absolute atomic E-state index is 11.9. The van der Waals surface area contributed by atoms with E-state index in [1.807, 2.05) is 18.2 Å². The standard InChI is InChI=1S/C12H11AtN4O3/c13-10-3-1-2-9(8-10)11(18)14-4-6-16-7-5-15-12(16)17(19)20/h1-3,5,7-8H,4,6H2,(H,14,18). The van der Waals surface area contributed by atoms with Crippen LogP contribution in [0.1, 0.15) is 10.4 Å². The van der Waals surface area contributed by atoms with Gasteiger partial charge in [-0.05, 0) is 0 Å². The van der Waals surface area contributed by atoms with Gasteiger partial charge in [0.25, 0.3) is 0 Å². The Hall–Kier alpha value is -1.82. The first kappa shape index (κ1) is 14.6. The molecular formula is C12H11AtN4O3. The van der Waals surface area contributed by atoms with Crippen LogP contribution in [-0.2, 0) is 6.54 Å².